The summed E-state index contributed by atoms with van der Waals surface area (Å²) < 4.78 is 3.04. The van der Waals surface area contributed by atoms with Crippen molar-refractivity contribution >= 4 is 34.8 Å². The molecule has 6 nitrogen and oxygen atoms in total. The van der Waals surface area contributed by atoms with Gasteiger partial charge in [-0.1, -0.05) is 26.0 Å². The summed E-state index contributed by atoms with van der Waals surface area (Å²) in [6, 6.07) is 9.56. The van der Waals surface area contributed by atoms with Gasteiger partial charge in [-0.2, -0.15) is 5.10 Å². The highest BCUT2D eigenvalue weighted by Gasteiger charge is 2.23. The summed E-state index contributed by atoms with van der Waals surface area (Å²) in [5.41, 5.74) is 1.82. The molecule has 0 spiro atoms. The maximum absolute atomic E-state index is 12.2. The van der Waals surface area contributed by atoms with Crippen molar-refractivity contribution in [3.63, 3.8) is 0 Å². The van der Waals surface area contributed by atoms with Gasteiger partial charge in [0, 0.05) is 0 Å². The number of aromatic hydroxyl groups is 1. The first-order valence-electron chi connectivity index (χ1n) is 8.11. The number of aromatic amines is 1. The third kappa shape index (κ3) is 3.38. The highest BCUT2D eigenvalue weighted by atomic mass is 32.2. The molecule has 0 atom stereocenters. The fourth-order valence-electron chi connectivity index (χ4n) is 2.40. The van der Waals surface area contributed by atoms with E-state index in [0.717, 1.165) is 21.0 Å². The molecule has 1 aliphatic rings. The first-order valence-corrected chi connectivity index (χ1v) is 9.81. The quantitative estimate of drug-likeness (QED) is 0.574. The van der Waals surface area contributed by atoms with Crippen LogP contribution >= 0.6 is 23.3 Å². The standard InChI is InChI=1S/C16H12N4O2S2.C2H6/c1-8-4-5-9-11(7-8)24-20-15(17-9)12-14(21)13(18-19-16(12)22)10-3-2-6-23-10;1-2/h2-7H,1H3,(H,17,20)(H2,19,21,22);1-2H3. The number of nitrogens with zero attached hydrogens (tertiary/aromatic N) is 2. The van der Waals surface area contributed by atoms with Gasteiger partial charge in [-0.3, -0.25) is 4.79 Å². The van der Waals surface area contributed by atoms with Crippen molar-refractivity contribution in [1.82, 2.24) is 14.9 Å². The number of thiophene rings is 1. The highest BCUT2D eigenvalue weighted by molar-refractivity contribution is 7.98. The molecule has 1 aromatic carbocycles. The lowest BCUT2D eigenvalue weighted by atomic mass is 10.2. The molecule has 0 saturated heterocycles. The van der Waals surface area contributed by atoms with Crippen LogP contribution in [0, 0.1) is 6.92 Å². The molecule has 0 radical (unpaired) electrons. The van der Waals surface area contributed by atoms with Gasteiger partial charge in [-0.15, -0.1) is 11.3 Å². The Hall–Kier alpha value is -2.58. The van der Waals surface area contributed by atoms with Crippen LogP contribution in [0.5, 0.6) is 5.75 Å². The van der Waals surface area contributed by atoms with E-state index in [1.807, 2.05) is 56.5 Å². The van der Waals surface area contributed by atoms with Crippen molar-refractivity contribution in [2.24, 2.45) is 4.99 Å². The van der Waals surface area contributed by atoms with E-state index in [4.69, 9.17) is 0 Å². The number of amidine groups is 1. The van der Waals surface area contributed by atoms with E-state index in [1.165, 1.54) is 23.3 Å². The average molecular weight is 387 g/mol. The molecule has 0 amide bonds. The number of benzene rings is 1. The summed E-state index contributed by atoms with van der Waals surface area (Å²) in [7, 11) is 0. The Morgan fingerprint density at radius 2 is 2.00 bits per heavy atom. The molecule has 8 heteroatoms. The highest BCUT2D eigenvalue weighted by Crippen LogP contribution is 2.36. The van der Waals surface area contributed by atoms with E-state index < -0.39 is 5.56 Å². The number of aryl methyl sites for hydroxylation is 1. The summed E-state index contributed by atoms with van der Waals surface area (Å²) in [5.74, 6) is 0.138. The monoisotopic (exact) mass is 386 g/mol. The van der Waals surface area contributed by atoms with Gasteiger partial charge in [0.2, 0.25) is 0 Å². The number of fused-ring (bicyclic) bond motifs is 1. The van der Waals surface area contributed by atoms with Crippen LogP contribution in [0.2, 0.25) is 0 Å². The average Bonchev–Trinajstić information content (AvgIpc) is 3.18. The summed E-state index contributed by atoms with van der Waals surface area (Å²) in [4.78, 5) is 18.4. The smallest absolute Gasteiger partial charge is 0.279 e. The van der Waals surface area contributed by atoms with Crippen LogP contribution < -0.4 is 10.3 Å². The summed E-state index contributed by atoms with van der Waals surface area (Å²) in [6.45, 7) is 6.01. The van der Waals surface area contributed by atoms with E-state index in [-0.39, 0.29) is 11.3 Å². The predicted molar refractivity (Wildman–Crippen MR) is 108 cm³/mol. The molecule has 0 bridgehead atoms. The fraction of sp³-hybridized carbons (Fsp3) is 0.167. The minimum absolute atomic E-state index is 0.0899. The van der Waals surface area contributed by atoms with E-state index in [9.17, 15) is 9.90 Å². The Balaban J connectivity index is 0.000000948. The third-order valence-corrected chi connectivity index (χ3v) is 5.27. The molecule has 0 saturated carbocycles. The van der Waals surface area contributed by atoms with Crippen LogP contribution in [-0.2, 0) is 0 Å². The zero-order chi connectivity index (χ0) is 18.7. The fourth-order valence-corrected chi connectivity index (χ4v) is 3.93. The second kappa shape index (κ2) is 7.76. The normalized spacial score (nSPS) is 12.3. The molecule has 3 N–H and O–H groups in total. The number of hydrogen-bond donors (Lipinski definition) is 3. The van der Waals surface area contributed by atoms with Crippen molar-refractivity contribution in [1.29, 1.82) is 0 Å². The lowest BCUT2D eigenvalue weighted by Crippen LogP contribution is -2.28. The van der Waals surface area contributed by atoms with Crippen LogP contribution in [0.4, 0.5) is 5.69 Å². The molecule has 3 heterocycles. The summed E-state index contributed by atoms with van der Waals surface area (Å²) >= 11 is 2.80. The topological polar surface area (TPSA) is 90.4 Å². The van der Waals surface area contributed by atoms with Gasteiger partial charge in [0.1, 0.15) is 11.3 Å². The maximum Gasteiger partial charge on any atom is 0.279 e. The zero-order valence-electron chi connectivity index (χ0n) is 14.5. The lowest BCUT2D eigenvalue weighted by molar-refractivity contribution is 0.471. The van der Waals surface area contributed by atoms with Gasteiger partial charge in [-0.05, 0) is 48.0 Å². The Bertz CT molecular complexity index is 1010. The largest absolute Gasteiger partial charge is 0.505 e. The van der Waals surface area contributed by atoms with Crippen molar-refractivity contribution in [2.75, 3.05) is 0 Å². The van der Waals surface area contributed by atoms with Gasteiger partial charge < -0.3 is 9.83 Å². The molecule has 0 fully saturated rings. The molecule has 26 heavy (non-hydrogen) atoms. The Morgan fingerprint density at radius 3 is 2.73 bits per heavy atom. The van der Waals surface area contributed by atoms with Crippen LogP contribution in [0.25, 0.3) is 10.6 Å². The Kier molecular flexibility index (Phi) is 5.43. The van der Waals surface area contributed by atoms with Gasteiger partial charge in [0.05, 0.1) is 15.5 Å². The van der Waals surface area contributed by atoms with E-state index in [1.54, 1.807) is 0 Å². The van der Waals surface area contributed by atoms with Crippen LogP contribution in [-0.4, -0.2) is 21.1 Å². The van der Waals surface area contributed by atoms with E-state index in [0.29, 0.717) is 11.5 Å². The molecule has 1 aliphatic heterocycles. The molecular weight excluding hydrogens is 368 g/mol. The van der Waals surface area contributed by atoms with Gasteiger partial charge >= 0.3 is 0 Å². The third-order valence-electron chi connectivity index (χ3n) is 3.55. The predicted octanol–water partition coefficient (Wildman–Crippen LogP) is 4.23. The van der Waals surface area contributed by atoms with Gasteiger partial charge in [-0.25, -0.2) is 10.1 Å². The first kappa shape index (κ1) is 18.2. The van der Waals surface area contributed by atoms with E-state index >= 15 is 0 Å². The molecule has 3 aromatic rings. The number of aromatic nitrogens is 2. The molecule has 0 unspecified atom stereocenters. The Labute approximate surface area is 159 Å². The second-order valence-electron chi connectivity index (χ2n) is 5.24. The van der Waals surface area contributed by atoms with Crippen molar-refractivity contribution < 1.29 is 5.11 Å². The van der Waals surface area contributed by atoms with Gasteiger partial charge in [0.25, 0.3) is 5.56 Å². The minimum atomic E-state index is -0.491. The molecule has 0 aliphatic carbocycles. The lowest BCUT2D eigenvalue weighted by Gasteiger charge is -2.17. The number of rotatable bonds is 2. The number of H-pyrrole nitrogens is 1. The summed E-state index contributed by atoms with van der Waals surface area (Å²) in [5, 5.41) is 18.9. The van der Waals surface area contributed by atoms with Gasteiger partial charge in [0.15, 0.2) is 11.6 Å². The van der Waals surface area contributed by atoms with Crippen LogP contribution in [0.1, 0.15) is 25.0 Å². The SMILES string of the molecule is CC.Cc1ccc2c(c1)SNC(c1c(O)c(-c3cccs3)n[nH]c1=O)=N2. The van der Waals surface area contributed by atoms with Crippen molar-refractivity contribution in [2.45, 2.75) is 25.7 Å². The van der Waals surface area contributed by atoms with Crippen molar-refractivity contribution in [3.8, 4) is 16.3 Å². The zero-order valence-corrected chi connectivity index (χ0v) is 16.2. The molecular formula is C18H18N4O2S2. The second-order valence-corrected chi connectivity index (χ2v) is 7.03. The van der Waals surface area contributed by atoms with Crippen molar-refractivity contribution in [3.05, 3.63) is 57.2 Å². The van der Waals surface area contributed by atoms with Crippen LogP contribution in [0.15, 0.2) is 50.4 Å². The number of aliphatic imine (C=N–C) groups is 1. The van der Waals surface area contributed by atoms with E-state index in [2.05, 4.69) is 19.9 Å². The van der Waals surface area contributed by atoms with Crippen LogP contribution in [0.3, 0.4) is 0 Å². The molecule has 4 rings (SSSR count). The number of hydrogen-bond acceptors (Lipinski definition) is 7. The molecule has 2 aromatic heterocycles. The maximum atomic E-state index is 12.2. The summed E-state index contributed by atoms with van der Waals surface area (Å²) in [6.07, 6.45) is 0. The minimum Gasteiger partial charge on any atom is -0.505 e. The Morgan fingerprint density at radius 1 is 1.19 bits per heavy atom. The molecule has 134 valence electrons. The first-order chi connectivity index (χ1) is 12.6. The number of nitrogens with one attached hydrogen (secondary N) is 2.